The molecule has 5 N–H and O–H groups in total. The Morgan fingerprint density at radius 2 is 1.60 bits per heavy atom. The highest BCUT2D eigenvalue weighted by molar-refractivity contribution is 7.99. The van der Waals surface area contributed by atoms with Crippen LogP contribution in [-0.2, 0) is 44.4 Å². The van der Waals surface area contributed by atoms with Gasteiger partial charge in [0, 0.05) is 38.9 Å². The van der Waals surface area contributed by atoms with Gasteiger partial charge >= 0.3 is 12.2 Å². The van der Waals surface area contributed by atoms with Gasteiger partial charge in [0.15, 0.2) is 0 Å². The van der Waals surface area contributed by atoms with Crippen molar-refractivity contribution in [1.29, 1.82) is 0 Å². The Morgan fingerprint density at radius 1 is 1.02 bits per heavy atom. The standard InChI is InChI=1S/C22H40FN5O14S3/c1-3-26(22(30)40-12-5-7-14-42-28(33)34)18-16-25(9-8-10-38-2)45(36,37)20-17(18)15-19(43-20)44(23,35)24-21(29)39-11-4-6-13-41-27(31)32/h15,18,31-34,44H,3-14,16H2,1-2H3,(H,24,29,35)/t18-/m0/s1. The first-order chi connectivity index (χ1) is 21.2. The van der Waals surface area contributed by atoms with Crippen molar-refractivity contribution in [1.82, 2.24) is 24.7 Å². The van der Waals surface area contributed by atoms with E-state index in [4.69, 9.17) is 35.0 Å². The van der Waals surface area contributed by atoms with Crippen molar-refractivity contribution in [2.75, 3.05) is 59.8 Å². The van der Waals surface area contributed by atoms with Gasteiger partial charge in [-0.2, -0.15) is 4.31 Å². The molecule has 0 saturated heterocycles. The predicted octanol–water partition coefficient (Wildman–Crippen LogP) is 1.77. The molecule has 19 nitrogen and oxygen atoms in total. The third-order valence-corrected chi connectivity index (χ3v) is 11.7. The van der Waals surface area contributed by atoms with Crippen molar-refractivity contribution in [2.45, 2.75) is 53.5 Å². The third-order valence-electron chi connectivity index (χ3n) is 6.20. The molecule has 0 aliphatic carbocycles. The minimum Gasteiger partial charge on any atom is -0.449 e. The van der Waals surface area contributed by atoms with Gasteiger partial charge in [0.05, 0.1) is 43.2 Å². The zero-order valence-corrected chi connectivity index (χ0v) is 27.2. The molecule has 2 rings (SSSR count). The van der Waals surface area contributed by atoms with Crippen LogP contribution in [0.1, 0.15) is 50.6 Å². The van der Waals surface area contributed by atoms with Crippen molar-refractivity contribution in [2.24, 2.45) is 0 Å². The van der Waals surface area contributed by atoms with E-state index in [0.29, 0.717) is 30.6 Å². The number of likely N-dealkylation sites (N-methyl/N-ethyl adjacent to an activating group) is 1. The molecule has 1 atom stereocenters. The van der Waals surface area contributed by atoms with Gasteiger partial charge in [-0.15, -0.1) is 15.2 Å². The maximum absolute atomic E-state index is 15.5. The lowest BCUT2D eigenvalue weighted by Crippen LogP contribution is -2.47. The SMILES string of the molecule is CCN(C(=O)OCCCCON(O)O)[C@H]1CN(CCCOC)S(=O)(=O)c2sc([SH](=O)(F)NC(=O)OCCCCON(O)O)cc21. The molecule has 0 bridgehead atoms. The molecule has 1 aliphatic heterocycles. The monoisotopic (exact) mass is 713 g/mol. The van der Waals surface area contributed by atoms with E-state index in [2.05, 4.69) is 9.68 Å². The summed E-state index contributed by atoms with van der Waals surface area (Å²) in [5.41, 5.74) is 0.00558. The van der Waals surface area contributed by atoms with E-state index < -0.39 is 53.7 Å². The second-order valence-corrected chi connectivity index (χ2v) is 14.6. The van der Waals surface area contributed by atoms with E-state index in [1.807, 2.05) is 0 Å². The molecule has 45 heavy (non-hydrogen) atoms. The number of rotatable bonds is 20. The molecule has 23 heteroatoms. The summed E-state index contributed by atoms with van der Waals surface area (Å²) in [6.07, 6.45) is -0.825. The zero-order chi connectivity index (χ0) is 33.6. The van der Waals surface area contributed by atoms with Crippen LogP contribution >= 0.6 is 11.3 Å². The Bertz CT molecular complexity index is 1240. The molecule has 262 valence electrons. The third kappa shape index (κ3) is 12.2. The maximum atomic E-state index is 15.5. The molecular formula is C22H40FN5O14S3. The van der Waals surface area contributed by atoms with Gasteiger partial charge in [0.1, 0.15) is 18.9 Å². The van der Waals surface area contributed by atoms with Crippen molar-refractivity contribution in [3.63, 3.8) is 0 Å². The highest BCUT2D eigenvalue weighted by atomic mass is 32.3. The molecule has 0 radical (unpaired) electrons. The minimum absolute atomic E-state index is 0.00558. The van der Waals surface area contributed by atoms with Gasteiger partial charge in [-0.1, -0.05) is 0 Å². The molecule has 0 aromatic carbocycles. The molecule has 1 aromatic heterocycles. The summed E-state index contributed by atoms with van der Waals surface area (Å²) in [6.45, 7) is 1.23. The van der Waals surface area contributed by atoms with Crippen LogP contribution in [0.15, 0.2) is 14.5 Å². The lowest BCUT2D eigenvalue weighted by atomic mass is 10.1. The first-order valence-electron chi connectivity index (χ1n) is 13.7. The number of hydrogen-bond donors (Lipinski definition) is 6. The number of fused-ring (bicyclic) bond motifs is 1. The van der Waals surface area contributed by atoms with Gasteiger partial charge in [-0.05, 0) is 45.1 Å². The van der Waals surface area contributed by atoms with Gasteiger partial charge in [0.2, 0.25) is 0 Å². The summed E-state index contributed by atoms with van der Waals surface area (Å²) in [6, 6.07) is 0.0861. The Labute approximate surface area is 264 Å². The maximum Gasteiger partial charge on any atom is 0.419 e. The second kappa shape index (κ2) is 18.9. The van der Waals surface area contributed by atoms with Crippen LogP contribution in [0.3, 0.4) is 0 Å². The summed E-state index contributed by atoms with van der Waals surface area (Å²) >= 11 is 0.369. The molecule has 0 fully saturated rings. The summed E-state index contributed by atoms with van der Waals surface area (Å²) in [5.74, 6) is 0. The average Bonchev–Trinajstić information content (AvgIpc) is 3.43. The van der Waals surface area contributed by atoms with Crippen molar-refractivity contribution in [3.05, 3.63) is 11.6 Å². The smallest absolute Gasteiger partial charge is 0.419 e. The number of thiol groups is 1. The number of amides is 2. The number of sulfonamides is 1. The van der Waals surface area contributed by atoms with Crippen molar-refractivity contribution in [3.8, 4) is 0 Å². The Hall–Kier alpha value is -2.13. The topological polar surface area (TPSA) is 237 Å². The van der Waals surface area contributed by atoms with Crippen LogP contribution in [0.2, 0.25) is 0 Å². The summed E-state index contributed by atoms with van der Waals surface area (Å²) in [4.78, 5) is 35.2. The molecule has 1 aliphatic rings. The first-order valence-corrected chi connectivity index (χ1v) is 17.5. The number of nitrogens with one attached hydrogen (secondary N) is 1. The summed E-state index contributed by atoms with van der Waals surface area (Å²) in [7, 11) is -7.97. The van der Waals surface area contributed by atoms with Crippen LogP contribution < -0.4 is 4.72 Å². The van der Waals surface area contributed by atoms with Crippen molar-refractivity contribution >= 4 is 44.1 Å². The van der Waals surface area contributed by atoms with Gasteiger partial charge in [-0.3, -0.25) is 30.5 Å². The summed E-state index contributed by atoms with van der Waals surface area (Å²) < 4.78 is 72.5. The van der Waals surface area contributed by atoms with E-state index in [9.17, 15) is 22.2 Å². The number of ether oxygens (including phenoxy) is 3. The number of hydrogen-bond acceptors (Lipinski definition) is 17. The van der Waals surface area contributed by atoms with Crippen LogP contribution in [-0.4, -0.2) is 125 Å². The molecule has 0 unspecified atom stereocenters. The number of unbranched alkanes of at least 4 members (excludes halogenated alkanes) is 2. The van der Waals surface area contributed by atoms with Crippen molar-refractivity contribution < 1.29 is 70.8 Å². The number of carbonyl (C=O) groups is 2. The Balaban J connectivity index is 2.23. The van der Waals surface area contributed by atoms with Crippen LogP contribution in [0, 0.1) is 0 Å². The van der Waals surface area contributed by atoms with E-state index in [1.165, 1.54) is 12.0 Å². The van der Waals surface area contributed by atoms with E-state index in [-0.39, 0.29) is 75.3 Å². The fourth-order valence-electron chi connectivity index (χ4n) is 4.11. The highest BCUT2D eigenvalue weighted by Crippen LogP contribution is 2.44. The molecule has 2 amide bonds. The lowest BCUT2D eigenvalue weighted by Gasteiger charge is -2.37. The van der Waals surface area contributed by atoms with Gasteiger partial charge in [-0.25, -0.2) is 26.9 Å². The lowest BCUT2D eigenvalue weighted by molar-refractivity contribution is -0.492. The van der Waals surface area contributed by atoms with E-state index in [1.54, 1.807) is 11.6 Å². The predicted molar refractivity (Wildman–Crippen MR) is 151 cm³/mol. The largest absolute Gasteiger partial charge is 0.449 e. The number of nitrogens with zero attached hydrogens (tertiary/aromatic N) is 4. The second-order valence-electron chi connectivity index (χ2n) is 9.32. The minimum atomic E-state index is -5.20. The van der Waals surface area contributed by atoms with E-state index >= 15 is 3.89 Å². The highest BCUT2D eigenvalue weighted by Gasteiger charge is 2.43. The van der Waals surface area contributed by atoms with Crippen LogP contribution in [0.25, 0.3) is 0 Å². The molecule has 0 saturated carbocycles. The zero-order valence-electron chi connectivity index (χ0n) is 24.6. The number of halogens is 1. The molecule has 1 aromatic rings. The van der Waals surface area contributed by atoms with Gasteiger partial charge < -0.3 is 19.1 Å². The fraction of sp³-hybridized carbons (Fsp3) is 0.727. The van der Waals surface area contributed by atoms with E-state index in [0.717, 1.165) is 10.4 Å². The molecule has 2 heterocycles. The molecular weight excluding hydrogens is 673 g/mol. The van der Waals surface area contributed by atoms with Crippen LogP contribution in [0.5, 0.6) is 0 Å². The number of methoxy groups -OCH3 is 1. The quantitative estimate of drug-likeness (QED) is 0.0489. The van der Waals surface area contributed by atoms with Crippen LogP contribution in [0.4, 0.5) is 13.5 Å². The fourth-order valence-corrected chi connectivity index (χ4v) is 9.02. The Morgan fingerprint density at radius 3 is 2.16 bits per heavy atom. The van der Waals surface area contributed by atoms with Gasteiger partial charge in [0.25, 0.3) is 10.0 Å². The number of carbonyl (C=O) groups excluding carboxylic acids is 2. The summed E-state index contributed by atoms with van der Waals surface area (Å²) in [5, 5.41) is 33.1. The Kier molecular flexibility index (Phi) is 16.4. The number of thiophene rings is 1. The average molecular weight is 714 g/mol. The first kappa shape index (κ1) is 39.1. The molecule has 0 spiro atoms. The normalized spacial score (nSPS) is 16.9.